The molecule has 2 aliphatic heterocycles. The molecule has 10 heteroatoms. The van der Waals surface area contributed by atoms with Gasteiger partial charge in [0.15, 0.2) is 12.1 Å². The van der Waals surface area contributed by atoms with Gasteiger partial charge in [0.2, 0.25) is 11.7 Å². The van der Waals surface area contributed by atoms with Crippen LogP contribution in [0.25, 0.3) is 11.4 Å². The summed E-state index contributed by atoms with van der Waals surface area (Å²) >= 11 is 0. The van der Waals surface area contributed by atoms with Crippen LogP contribution in [-0.4, -0.2) is 46.2 Å². The Morgan fingerprint density at radius 3 is 2.74 bits per heavy atom. The number of aromatic nitrogens is 2. The highest BCUT2D eigenvalue weighted by molar-refractivity contribution is 6.25. The van der Waals surface area contributed by atoms with E-state index >= 15 is 0 Å². The quantitative estimate of drug-likeness (QED) is 0.585. The molecule has 2 aliphatic rings. The average Bonchev–Trinajstić information content (AvgIpc) is 3.47. The van der Waals surface area contributed by atoms with Gasteiger partial charge in [-0.3, -0.25) is 14.6 Å². The summed E-state index contributed by atoms with van der Waals surface area (Å²) in [5.41, 5.74) is 2.30. The molecule has 1 aromatic heterocycles. The molecule has 10 nitrogen and oxygen atoms in total. The van der Waals surface area contributed by atoms with Crippen LogP contribution in [0.2, 0.25) is 0 Å². The number of ether oxygens (including phenoxy) is 1. The first kappa shape index (κ1) is 18.9. The monoisotopic (exact) mass is 418 g/mol. The fourth-order valence-electron chi connectivity index (χ4n) is 3.75. The molecule has 0 N–H and O–H groups in total. The van der Waals surface area contributed by atoms with Gasteiger partial charge in [0, 0.05) is 11.6 Å². The molecule has 3 heterocycles. The number of carbonyl (C=O) groups is 2. The van der Waals surface area contributed by atoms with Crippen molar-refractivity contribution in [2.75, 3.05) is 12.0 Å². The summed E-state index contributed by atoms with van der Waals surface area (Å²) in [5.74, 6) is 0.432. The number of carbonyl (C=O) groups excluding carboxylic acids is 2. The number of hydrogen-bond donors (Lipinski definition) is 0. The van der Waals surface area contributed by atoms with Gasteiger partial charge in [-0.1, -0.05) is 40.7 Å². The van der Waals surface area contributed by atoms with Gasteiger partial charge in [0.05, 0.1) is 12.8 Å². The molecule has 1 saturated heterocycles. The van der Waals surface area contributed by atoms with Gasteiger partial charge < -0.3 is 9.26 Å². The lowest BCUT2D eigenvalue weighted by Crippen LogP contribution is -2.39. The molecular weight excluding hydrogens is 400 g/mol. The molecule has 0 bridgehead atoms. The summed E-state index contributed by atoms with van der Waals surface area (Å²) in [6, 6.07) is 12.7. The molecular formula is C21H18N6O4. The van der Waals surface area contributed by atoms with Gasteiger partial charge in [-0.15, -0.1) is 0 Å². The highest BCUT2D eigenvalue weighted by Crippen LogP contribution is 2.34. The Morgan fingerprint density at radius 1 is 1.10 bits per heavy atom. The SMILES string of the molecule is COc1cccc(N2C(=O)[C@H]3N=NN(Cc4nc(-c5ccccc5C)no4)[C@@H]3C2=O)c1. The second kappa shape index (κ2) is 7.31. The molecule has 3 aromatic rings. The Hall–Kier alpha value is -4.08. The number of anilines is 1. The number of hydrogen-bond acceptors (Lipinski definition) is 9. The molecule has 0 aliphatic carbocycles. The number of nitrogens with zero attached hydrogens (tertiary/aromatic N) is 6. The first-order valence-electron chi connectivity index (χ1n) is 9.64. The Morgan fingerprint density at radius 2 is 1.94 bits per heavy atom. The molecule has 31 heavy (non-hydrogen) atoms. The van der Waals surface area contributed by atoms with Gasteiger partial charge in [0.25, 0.3) is 11.8 Å². The van der Waals surface area contributed by atoms with Crippen LogP contribution in [0.15, 0.2) is 63.4 Å². The molecule has 2 atom stereocenters. The highest BCUT2D eigenvalue weighted by atomic mass is 16.5. The van der Waals surface area contributed by atoms with Crippen LogP contribution in [0.4, 0.5) is 5.69 Å². The molecule has 156 valence electrons. The lowest BCUT2D eigenvalue weighted by atomic mass is 10.1. The first-order chi connectivity index (χ1) is 15.1. The van der Waals surface area contributed by atoms with Gasteiger partial charge in [-0.2, -0.15) is 10.1 Å². The van der Waals surface area contributed by atoms with E-state index in [0.717, 1.165) is 16.0 Å². The minimum Gasteiger partial charge on any atom is -0.497 e. The first-order valence-corrected chi connectivity index (χ1v) is 9.64. The Kier molecular flexibility index (Phi) is 4.46. The standard InChI is InChI=1S/C21H18N6O4/c1-12-6-3-4-9-15(12)19-22-16(31-24-19)11-26-18-17(23-25-26)20(28)27(21(18)29)13-7-5-8-14(10-13)30-2/h3-10,17-18H,11H2,1-2H3/t17-,18-/m0/s1. The van der Waals surface area contributed by atoms with E-state index in [-0.39, 0.29) is 12.4 Å². The molecule has 2 aromatic carbocycles. The van der Waals surface area contributed by atoms with Gasteiger partial charge in [-0.05, 0) is 24.6 Å². The van der Waals surface area contributed by atoms with Crippen molar-refractivity contribution in [3.8, 4) is 17.1 Å². The molecule has 2 amide bonds. The summed E-state index contributed by atoms with van der Waals surface area (Å²) in [4.78, 5) is 31.5. The maximum absolute atomic E-state index is 13.1. The van der Waals surface area contributed by atoms with Gasteiger partial charge >= 0.3 is 0 Å². The fourth-order valence-corrected chi connectivity index (χ4v) is 3.75. The maximum atomic E-state index is 13.1. The van der Waals surface area contributed by atoms with Crippen LogP contribution in [0, 0.1) is 6.92 Å². The maximum Gasteiger partial charge on any atom is 0.263 e. The summed E-state index contributed by atoms with van der Waals surface area (Å²) in [7, 11) is 1.52. The van der Waals surface area contributed by atoms with E-state index in [1.807, 2.05) is 31.2 Å². The van der Waals surface area contributed by atoms with Crippen molar-refractivity contribution >= 4 is 17.5 Å². The van der Waals surface area contributed by atoms with Crippen molar-refractivity contribution in [1.82, 2.24) is 15.1 Å². The van der Waals surface area contributed by atoms with Crippen LogP contribution >= 0.6 is 0 Å². The summed E-state index contributed by atoms with van der Waals surface area (Å²) in [6.45, 7) is 2.02. The van der Waals surface area contributed by atoms with Crippen LogP contribution < -0.4 is 9.64 Å². The Bertz CT molecular complexity index is 1210. The minimum absolute atomic E-state index is 0.0640. The second-order valence-corrected chi connectivity index (χ2v) is 7.23. The summed E-state index contributed by atoms with van der Waals surface area (Å²) in [6.07, 6.45) is 0. The number of fused-ring (bicyclic) bond motifs is 1. The van der Waals surface area contributed by atoms with E-state index < -0.39 is 23.9 Å². The van der Waals surface area contributed by atoms with E-state index in [2.05, 4.69) is 20.5 Å². The summed E-state index contributed by atoms with van der Waals surface area (Å²) < 4.78 is 10.6. The number of rotatable bonds is 5. The molecule has 0 unspecified atom stereocenters. The lowest BCUT2D eigenvalue weighted by molar-refractivity contribution is -0.123. The van der Waals surface area contributed by atoms with Crippen molar-refractivity contribution in [3.63, 3.8) is 0 Å². The molecule has 0 spiro atoms. The number of benzene rings is 2. The van der Waals surface area contributed by atoms with E-state index in [1.54, 1.807) is 24.3 Å². The average molecular weight is 418 g/mol. The van der Waals surface area contributed by atoms with Crippen molar-refractivity contribution in [1.29, 1.82) is 0 Å². The number of aryl methyl sites for hydroxylation is 1. The van der Waals surface area contributed by atoms with Crippen molar-refractivity contribution < 1.29 is 18.8 Å². The van der Waals surface area contributed by atoms with Gasteiger partial charge in [0.1, 0.15) is 12.3 Å². The zero-order valence-corrected chi connectivity index (χ0v) is 16.8. The predicted molar refractivity (Wildman–Crippen MR) is 108 cm³/mol. The molecule has 0 radical (unpaired) electrons. The van der Waals surface area contributed by atoms with E-state index in [0.29, 0.717) is 17.3 Å². The lowest BCUT2D eigenvalue weighted by Gasteiger charge is -2.19. The number of amides is 2. The third-order valence-corrected chi connectivity index (χ3v) is 5.32. The Labute approximate surface area is 177 Å². The normalized spacial score (nSPS) is 19.9. The minimum atomic E-state index is -0.905. The van der Waals surface area contributed by atoms with E-state index in [1.165, 1.54) is 12.1 Å². The van der Waals surface area contributed by atoms with E-state index in [4.69, 9.17) is 9.26 Å². The molecule has 0 saturated carbocycles. The zero-order valence-electron chi connectivity index (χ0n) is 16.8. The van der Waals surface area contributed by atoms with Crippen molar-refractivity contribution in [2.45, 2.75) is 25.6 Å². The zero-order chi connectivity index (χ0) is 21.5. The fraction of sp³-hybridized carbons (Fsp3) is 0.238. The van der Waals surface area contributed by atoms with Crippen molar-refractivity contribution in [2.24, 2.45) is 10.3 Å². The van der Waals surface area contributed by atoms with E-state index in [9.17, 15) is 9.59 Å². The van der Waals surface area contributed by atoms with Crippen molar-refractivity contribution in [3.05, 3.63) is 60.0 Å². The second-order valence-electron chi connectivity index (χ2n) is 7.23. The number of imide groups is 1. The van der Waals surface area contributed by atoms with Crippen LogP contribution in [-0.2, 0) is 16.1 Å². The third-order valence-electron chi connectivity index (χ3n) is 5.32. The topological polar surface area (TPSA) is 113 Å². The number of methoxy groups -OCH3 is 1. The highest BCUT2D eigenvalue weighted by Gasteiger charge is 2.55. The summed E-state index contributed by atoms with van der Waals surface area (Å²) in [5, 5.41) is 13.5. The predicted octanol–water partition coefficient (Wildman–Crippen LogP) is 2.55. The molecule has 5 rings (SSSR count). The largest absolute Gasteiger partial charge is 0.497 e. The van der Waals surface area contributed by atoms with Crippen LogP contribution in [0.1, 0.15) is 11.5 Å². The third kappa shape index (κ3) is 3.12. The van der Waals surface area contributed by atoms with Gasteiger partial charge in [-0.25, -0.2) is 4.90 Å². The Balaban J connectivity index is 1.37. The van der Waals surface area contributed by atoms with Crippen LogP contribution in [0.3, 0.4) is 0 Å². The smallest absolute Gasteiger partial charge is 0.263 e. The van der Waals surface area contributed by atoms with Crippen LogP contribution in [0.5, 0.6) is 5.75 Å². The molecule has 1 fully saturated rings.